The van der Waals surface area contributed by atoms with Crippen molar-refractivity contribution in [1.29, 1.82) is 0 Å². The van der Waals surface area contributed by atoms with Crippen LogP contribution in [0.15, 0.2) is 0 Å². The lowest BCUT2D eigenvalue weighted by Crippen LogP contribution is -2.48. The summed E-state index contributed by atoms with van der Waals surface area (Å²) < 4.78 is 5.21. The first-order valence-corrected chi connectivity index (χ1v) is 5.53. The van der Waals surface area contributed by atoms with Crippen LogP contribution in [0.2, 0.25) is 0 Å². The van der Waals surface area contributed by atoms with Gasteiger partial charge in [-0.05, 0) is 27.2 Å². The number of aliphatic hydroxyl groups is 1. The second-order valence-corrected chi connectivity index (χ2v) is 5.36. The Labute approximate surface area is 95.2 Å². The molecular weight excluding hydrogens is 218 g/mol. The zero-order valence-electron chi connectivity index (χ0n) is 9.36. The highest BCUT2D eigenvalue weighted by molar-refractivity contribution is 6.21. The average Bonchev–Trinajstić information content (AvgIpc) is 2.06. The molecule has 1 heterocycles. The molecule has 1 aliphatic rings. The summed E-state index contributed by atoms with van der Waals surface area (Å²) in [5.74, 6) is 0. The third kappa shape index (κ3) is 3.87. The SMILES string of the molecule is CC(C)(C)OC(=O)N1CC[C@H](O)[C@H](Cl)C1. The molecule has 1 amide bonds. The number of halogens is 1. The minimum Gasteiger partial charge on any atom is -0.444 e. The number of carbonyl (C=O) groups is 1. The van der Waals surface area contributed by atoms with E-state index in [1.54, 1.807) is 0 Å². The molecule has 0 bridgehead atoms. The van der Waals surface area contributed by atoms with Crippen LogP contribution >= 0.6 is 11.6 Å². The Morgan fingerprint density at radius 3 is 2.60 bits per heavy atom. The molecule has 0 aromatic rings. The fourth-order valence-corrected chi connectivity index (χ4v) is 1.68. The summed E-state index contributed by atoms with van der Waals surface area (Å²) >= 11 is 5.88. The zero-order chi connectivity index (χ0) is 11.6. The minimum absolute atomic E-state index is 0.345. The molecule has 1 rings (SSSR count). The molecule has 0 saturated carbocycles. The highest BCUT2D eigenvalue weighted by Gasteiger charge is 2.31. The van der Waals surface area contributed by atoms with Gasteiger partial charge in [0.25, 0.3) is 0 Å². The topological polar surface area (TPSA) is 49.8 Å². The summed E-state index contributed by atoms with van der Waals surface area (Å²) in [7, 11) is 0. The van der Waals surface area contributed by atoms with Gasteiger partial charge in [0.15, 0.2) is 0 Å². The maximum Gasteiger partial charge on any atom is 0.410 e. The Balaban J connectivity index is 2.48. The van der Waals surface area contributed by atoms with Crippen molar-refractivity contribution in [3.63, 3.8) is 0 Å². The van der Waals surface area contributed by atoms with Crippen LogP contribution in [0, 0.1) is 0 Å². The van der Waals surface area contributed by atoms with Crippen LogP contribution in [0.25, 0.3) is 0 Å². The molecule has 0 unspecified atom stereocenters. The molecule has 15 heavy (non-hydrogen) atoms. The number of ether oxygens (including phenoxy) is 1. The van der Waals surface area contributed by atoms with E-state index in [0.717, 1.165) is 0 Å². The van der Waals surface area contributed by atoms with Gasteiger partial charge in [-0.3, -0.25) is 0 Å². The highest BCUT2D eigenvalue weighted by atomic mass is 35.5. The number of nitrogens with zero attached hydrogens (tertiary/aromatic N) is 1. The average molecular weight is 236 g/mol. The predicted octanol–water partition coefficient (Wildman–Crippen LogP) is 1.60. The van der Waals surface area contributed by atoms with E-state index in [4.69, 9.17) is 16.3 Å². The molecule has 0 radical (unpaired) electrons. The van der Waals surface area contributed by atoms with Gasteiger partial charge in [-0.2, -0.15) is 0 Å². The lowest BCUT2D eigenvalue weighted by atomic mass is 10.1. The van der Waals surface area contributed by atoms with Crippen LogP contribution in [0.1, 0.15) is 27.2 Å². The van der Waals surface area contributed by atoms with E-state index < -0.39 is 17.1 Å². The van der Waals surface area contributed by atoms with Crippen LogP contribution in [0.5, 0.6) is 0 Å². The number of amides is 1. The Kier molecular flexibility index (Phi) is 3.84. The van der Waals surface area contributed by atoms with Crippen molar-refractivity contribution in [1.82, 2.24) is 4.90 Å². The third-order valence-corrected chi connectivity index (χ3v) is 2.59. The Morgan fingerprint density at radius 1 is 1.53 bits per heavy atom. The monoisotopic (exact) mass is 235 g/mol. The van der Waals surface area contributed by atoms with E-state index in [1.165, 1.54) is 4.90 Å². The first-order chi connectivity index (χ1) is 6.79. The van der Waals surface area contributed by atoms with Gasteiger partial charge < -0.3 is 14.7 Å². The van der Waals surface area contributed by atoms with Crippen molar-refractivity contribution in [2.24, 2.45) is 0 Å². The van der Waals surface area contributed by atoms with E-state index in [2.05, 4.69) is 0 Å². The summed E-state index contributed by atoms with van der Waals surface area (Å²) in [5, 5.41) is 9.00. The van der Waals surface area contributed by atoms with E-state index in [1.807, 2.05) is 20.8 Å². The molecule has 1 aliphatic heterocycles. The molecule has 5 heteroatoms. The molecule has 1 saturated heterocycles. The van der Waals surface area contributed by atoms with Gasteiger partial charge in [-0.15, -0.1) is 11.6 Å². The largest absolute Gasteiger partial charge is 0.444 e. The van der Waals surface area contributed by atoms with Crippen LogP contribution in [0.3, 0.4) is 0 Å². The van der Waals surface area contributed by atoms with Crippen molar-refractivity contribution in [2.45, 2.75) is 44.3 Å². The number of hydrogen-bond acceptors (Lipinski definition) is 3. The van der Waals surface area contributed by atoms with Gasteiger partial charge in [0.05, 0.1) is 11.5 Å². The zero-order valence-corrected chi connectivity index (χ0v) is 10.1. The standard InChI is InChI=1S/C10H18ClNO3/c1-10(2,3)15-9(14)12-5-4-8(13)7(11)6-12/h7-8,13H,4-6H2,1-3H3/t7-,8+/m1/s1. The first kappa shape index (κ1) is 12.6. The van der Waals surface area contributed by atoms with E-state index in [9.17, 15) is 9.90 Å². The summed E-state index contributed by atoms with van der Waals surface area (Å²) in [6.07, 6.45) is -0.377. The number of piperidine rings is 1. The first-order valence-electron chi connectivity index (χ1n) is 5.09. The maximum atomic E-state index is 11.6. The normalized spacial score (nSPS) is 27.7. The number of hydrogen-bond donors (Lipinski definition) is 1. The van der Waals surface area contributed by atoms with E-state index in [-0.39, 0.29) is 6.09 Å². The number of likely N-dealkylation sites (tertiary alicyclic amines) is 1. The molecule has 0 spiro atoms. The van der Waals surface area contributed by atoms with Crippen LogP contribution in [-0.2, 0) is 4.74 Å². The van der Waals surface area contributed by atoms with Gasteiger partial charge in [-0.1, -0.05) is 0 Å². The van der Waals surface area contributed by atoms with Gasteiger partial charge >= 0.3 is 6.09 Å². The van der Waals surface area contributed by atoms with Gasteiger partial charge in [-0.25, -0.2) is 4.79 Å². The van der Waals surface area contributed by atoms with Gasteiger partial charge in [0.1, 0.15) is 5.60 Å². The quantitative estimate of drug-likeness (QED) is 0.649. The van der Waals surface area contributed by atoms with Crippen molar-refractivity contribution in [3.8, 4) is 0 Å². The molecule has 4 nitrogen and oxygen atoms in total. The summed E-state index contributed by atoms with van der Waals surface area (Å²) in [6, 6.07) is 0. The molecule has 1 fully saturated rings. The molecule has 0 aliphatic carbocycles. The Bertz CT molecular complexity index is 239. The van der Waals surface area contributed by atoms with Crippen LogP contribution < -0.4 is 0 Å². The number of carbonyl (C=O) groups excluding carboxylic acids is 1. The lowest BCUT2D eigenvalue weighted by molar-refractivity contribution is 0.0110. The molecule has 2 atom stereocenters. The van der Waals surface area contributed by atoms with Crippen molar-refractivity contribution in [2.75, 3.05) is 13.1 Å². The van der Waals surface area contributed by atoms with Crippen molar-refractivity contribution < 1.29 is 14.6 Å². The maximum absolute atomic E-state index is 11.6. The summed E-state index contributed by atoms with van der Waals surface area (Å²) in [5.41, 5.74) is -0.491. The Hall–Kier alpha value is -0.480. The predicted molar refractivity (Wildman–Crippen MR) is 58.1 cm³/mol. The van der Waals surface area contributed by atoms with E-state index in [0.29, 0.717) is 19.5 Å². The van der Waals surface area contributed by atoms with Crippen LogP contribution in [-0.4, -0.2) is 46.3 Å². The number of alkyl halides is 1. The fraction of sp³-hybridized carbons (Fsp3) is 0.900. The second kappa shape index (κ2) is 4.58. The van der Waals surface area contributed by atoms with Crippen molar-refractivity contribution >= 4 is 17.7 Å². The minimum atomic E-state index is -0.523. The molecule has 0 aromatic heterocycles. The molecule has 1 N–H and O–H groups in total. The van der Waals surface area contributed by atoms with Crippen molar-refractivity contribution in [3.05, 3.63) is 0 Å². The molecule has 0 aromatic carbocycles. The van der Waals surface area contributed by atoms with E-state index >= 15 is 0 Å². The number of aliphatic hydroxyl groups excluding tert-OH is 1. The molecular formula is C10H18ClNO3. The summed E-state index contributed by atoms with van der Waals surface area (Å²) in [4.78, 5) is 13.2. The molecule has 88 valence electrons. The van der Waals surface area contributed by atoms with Crippen LogP contribution in [0.4, 0.5) is 4.79 Å². The smallest absolute Gasteiger partial charge is 0.410 e. The Morgan fingerprint density at radius 2 is 2.13 bits per heavy atom. The fourth-order valence-electron chi connectivity index (χ4n) is 1.38. The third-order valence-electron chi connectivity index (χ3n) is 2.16. The second-order valence-electron chi connectivity index (χ2n) is 4.80. The number of rotatable bonds is 0. The highest BCUT2D eigenvalue weighted by Crippen LogP contribution is 2.18. The summed E-state index contributed by atoms with van der Waals surface area (Å²) in [6.45, 7) is 6.31. The van der Waals surface area contributed by atoms with Gasteiger partial charge in [0.2, 0.25) is 0 Å². The lowest BCUT2D eigenvalue weighted by Gasteiger charge is -2.34. The van der Waals surface area contributed by atoms with Gasteiger partial charge in [0, 0.05) is 13.1 Å².